The van der Waals surface area contributed by atoms with Gasteiger partial charge in [0.05, 0.1) is 10.8 Å². The maximum Gasteiger partial charge on any atom is 0.320 e. The van der Waals surface area contributed by atoms with Crippen LogP contribution in [0.5, 0.6) is 0 Å². The Morgan fingerprint density at radius 1 is 1.55 bits per heavy atom. The zero-order chi connectivity index (χ0) is 14.9. The number of carboxylic acids is 1. The van der Waals surface area contributed by atoms with Crippen LogP contribution < -0.4 is 0 Å². The molecule has 1 aromatic rings. The number of aryl methyl sites for hydroxylation is 1. The molecule has 1 aromatic heterocycles. The predicted octanol–water partition coefficient (Wildman–Crippen LogP) is 0.265. The number of carbonyl (C=O) groups excluding carboxylic acids is 1. The van der Waals surface area contributed by atoms with E-state index >= 15 is 0 Å². The van der Waals surface area contributed by atoms with Gasteiger partial charge in [-0.3, -0.25) is 24.4 Å². The van der Waals surface area contributed by atoms with Crippen molar-refractivity contribution >= 4 is 17.6 Å². The number of aromatic nitrogens is 2. The van der Waals surface area contributed by atoms with Gasteiger partial charge < -0.3 is 10.0 Å². The number of nitrogens with zero attached hydrogens (tertiary/aromatic N) is 4. The lowest BCUT2D eigenvalue weighted by atomic mass is 9.98. The van der Waals surface area contributed by atoms with Crippen LogP contribution in [-0.4, -0.2) is 49.7 Å². The van der Waals surface area contributed by atoms with Crippen LogP contribution in [0.1, 0.15) is 23.3 Å². The van der Waals surface area contributed by atoms with E-state index in [4.69, 9.17) is 5.11 Å². The average Bonchev–Trinajstić information content (AvgIpc) is 2.80. The molecule has 0 saturated carbocycles. The highest BCUT2D eigenvalue weighted by atomic mass is 16.6. The van der Waals surface area contributed by atoms with E-state index in [1.807, 2.05) is 0 Å². The maximum atomic E-state index is 12.3. The predicted molar refractivity (Wildman–Crippen MR) is 66.1 cm³/mol. The van der Waals surface area contributed by atoms with Gasteiger partial charge in [0.25, 0.3) is 5.91 Å². The van der Waals surface area contributed by atoms with Gasteiger partial charge in [-0.25, -0.2) is 0 Å². The largest absolute Gasteiger partial charge is 0.481 e. The van der Waals surface area contributed by atoms with Gasteiger partial charge in [0.1, 0.15) is 6.20 Å². The van der Waals surface area contributed by atoms with E-state index in [1.165, 1.54) is 16.6 Å². The van der Waals surface area contributed by atoms with Gasteiger partial charge in [-0.05, 0) is 12.8 Å². The smallest absolute Gasteiger partial charge is 0.320 e. The van der Waals surface area contributed by atoms with Gasteiger partial charge in [-0.2, -0.15) is 5.10 Å². The average molecular weight is 282 g/mol. The summed E-state index contributed by atoms with van der Waals surface area (Å²) in [6.45, 7) is 0.443. The van der Waals surface area contributed by atoms with Crippen molar-refractivity contribution < 1.29 is 19.6 Å². The third kappa shape index (κ3) is 2.60. The summed E-state index contributed by atoms with van der Waals surface area (Å²) < 4.78 is 1.20. The minimum Gasteiger partial charge on any atom is -0.481 e. The Labute approximate surface area is 113 Å². The quantitative estimate of drug-likeness (QED) is 0.627. The number of hydrogen-bond donors (Lipinski definition) is 1. The Hall–Kier alpha value is -2.45. The molecule has 0 aromatic carbocycles. The van der Waals surface area contributed by atoms with Crippen molar-refractivity contribution in [1.82, 2.24) is 14.7 Å². The fourth-order valence-electron chi connectivity index (χ4n) is 2.27. The second kappa shape index (κ2) is 5.27. The molecule has 0 bridgehead atoms. The van der Waals surface area contributed by atoms with Crippen LogP contribution in [0.4, 0.5) is 5.69 Å². The number of rotatable bonds is 3. The minimum absolute atomic E-state index is 0.0574. The van der Waals surface area contributed by atoms with Gasteiger partial charge in [-0.1, -0.05) is 0 Å². The molecule has 9 nitrogen and oxygen atoms in total. The lowest BCUT2D eigenvalue weighted by molar-refractivity contribution is -0.385. The molecule has 2 rings (SSSR count). The zero-order valence-corrected chi connectivity index (χ0v) is 10.9. The summed E-state index contributed by atoms with van der Waals surface area (Å²) in [6, 6.07) is 0. The summed E-state index contributed by atoms with van der Waals surface area (Å²) >= 11 is 0. The van der Waals surface area contributed by atoms with Crippen molar-refractivity contribution in [2.75, 3.05) is 13.1 Å². The first-order valence-corrected chi connectivity index (χ1v) is 6.10. The molecule has 1 N–H and O–H groups in total. The van der Waals surface area contributed by atoms with Gasteiger partial charge in [0.15, 0.2) is 0 Å². The Balaban J connectivity index is 2.23. The minimum atomic E-state index is -0.960. The lowest BCUT2D eigenvalue weighted by Gasteiger charge is -2.29. The second-order valence-electron chi connectivity index (χ2n) is 4.72. The number of likely N-dealkylation sites (tertiary alicyclic amines) is 1. The van der Waals surface area contributed by atoms with Crippen LogP contribution in [-0.2, 0) is 11.8 Å². The molecule has 0 spiro atoms. The van der Waals surface area contributed by atoms with E-state index in [0.29, 0.717) is 19.4 Å². The van der Waals surface area contributed by atoms with Crippen molar-refractivity contribution in [3.05, 3.63) is 22.0 Å². The fraction of sp³-hybridized carbons (Fsp3) is 0.545. The molecular weight excluding hydrogens is 268 g/mol. The Morgan fingerprint density at radius 2 is 2.25 bits per heavy atom. The summed E-state index contributed by atoms with van der Waals surface area (Å²) in [5.74, 6) is -2.18. The first-order chi connectivity index (χ1) is 9.40. The Kier molecular flexibility index (Phi) is 3.68. The molecule has 9 heteroatoms. The van der Waals surface area contributed by atoms with E-state index in [1.54, 1.807) is 0 Å². The lowest BCUT2D eigenvalue weighted by Crippen LogP contribution is -2.42. The summed E-state index contributed by atoms with van der Waals surface area (Å²) in [6.07, 6.45) is 2.22. The Morgan fingerprint density at radius 3 is 2.85 bits per heavy atom. The maximum absolute atomic E-state index is 12.3. The first kappa shape index (κ1) is 14.0. The van der Waals surface area contributed by atoms with Crippen LogP contribution >= 0.6 is 0 Å². The molecule has 1 fully saturated rings. The van der Waals surface area contributed by atoms with Crippen LogP contribution in [0.3, 0.4) is 0 Å². The fourth-order valence-corrected chi connectivity index (χ4v) is 2.27. The van der Waals surface area contributed by atoms with E-state index < -0.39 is 22.7 Å². The van der Waals surface area contributed by atoms with E-state index in [-0.39, 0.29) is 17.9 Å². The third-order valence-corrected chi connectivity index (χ3v) is 3.27. The van der Waals surface area contributed by atoms with Gasteiger partial charge in [0, 0.05) is 20.1 Å². The summed E-state index contributed by atoms with van der Waals surface area (Å²) in [4.78, 5) is 34.8. The molecule has 1 aliphatic heterocycles. The molecule has 1 saturated heterocycles. The van der Waals surface area contributed by atoms with Crippen molar-refractivity contribution in [3.63, 3.8) is 0 Å². The summed E-state index contributed by atoms with van der Waals surface area (Å²) in [5, 5.41) is 23.7. The van der Waals surface area contributed by atoms with E-state index in [0.717, 1.165) is 6.20 Å². The molecule has 0 radical (unpaired) electrons. The second-order valence-corrected chi connectivity index (χ2v) is 4.72. The van der Waals surface area contributed by atoms with Gasteiger partial charge in [0.2, 0.25) is 5.69 Å². The monoisotopic (exact) mass is 282 g/mol. The highest BCUT2D eigenvalue weighted by molar-refractivity contribution is 5.96. The number of aliphatic carboxylic acids is 1. The Bertz CT molecular complexity index is 567. The van der Waals surface area contributed by atoms with Crippen molar-refractivity contribution in [2.24, 2.45) is 13.0 Å². The first-order valence-electron chi connectivity index (χ1n) is 6.10. The third-order valence-electron chi connectivity index (χ3n) is 3.27. The number of carboxylic acid groups (broad SMARTS) is 1. The number of hydrogen-bond acceptors (Lipinski definition) is 5. The van der Waals surface area contributed by atoms with E-state index in [2.05, 4.69) is 5.10 Å². The molecule has 0 aliphatic carbocycles. The van der Waals surface area contributed by atoms with Crippen LogP contribution in [0.2, 0.25) is 0 Å². The summed E-state index contributed by atoms with van der Waals surface area (Å²) in [5.41, 5.74) is -0.613. The molecular formula is C11H14N4O5. The number of carbonyl (C=O) groups is 2. The van der Waals surface area contributed by atoms with Gasteiger partial charge in [-0.15, -0.1) is 0 Å². The highest BCUT2D eigenvalue weighted by Gasteiger charge is 2.33. The van der Waals surface area contributed by atoms with Gasteiger partial charge >= 0.3 is 11.7 Å². The summed E-state index contributed by atoms with van der Waals surface area (Å²) in [7, 11) is 1.49. The molecule has 20 heavy (non-hydrogen) atoms. The SMILES string of the molecule is Cn1cc([N+](=O)[O-])c(C(=O)N2CCCC(C(=O)O)C2)n1. The topological polar surface area (TPSA) is 119 Å². The molecule has 1 amide bonds. The normalized spacial score (nSPS) is 18.9. The molecule has 108 valence electrons. The van der Waals surface area contributed by atoms with Crippen molar-refractivity contribution in [2.45, 2.75) is 12.8 Å². The molecule has 1 unspecified atom stereocenters. The molecule has 1 aliphatic rings. The number of piperidine rings is 1. The van der Waals surface area contributed by atoms with Crippen LogP contribution in [0.25, 0.3) is 0 Å². The van der Waals surface area contributed by atoms with Crippen molar-refractivity contribution in [3.8, 4) is 0 Å². The molecule has 2 heterocycles. The standard InChI is InChI=1S/C11H14N4O5/c1-13-6-8(15(19)20)9(12-13)10(16)14-4-2-3-7(5-14)11(17)18/h6-7H,2-5H2,1H3,(H,17,18). The van der Waals surface area contributed by atoms with Crippen LogP contribution in [0, 0.1) is 16.0 Å². The highest BCUT2D eigenvalue weighted by Crippen LogP contribution is 2.22. The van der Waals surface area contributed by atoms with E-state index in [9.17, 15) is 19.7 Å². The number of nitro groups is 1. The zero-order valence-electron chi connectivity index (χ0n) is 10.9. The van der Waals surface area contributed by atoms with Crippen molar-refractivity contribution in [1.29, 1.82) is 0 Å². The number of amides is 1. The molecule has 1 atom stereocenters. The van der Waals surface area contributed by atoms with Crippen LogP contribution in [0.15, 0.2) is 6.20 Å².